The van der Waals surface area contributed by atoms with Crippen molar-refractivity contribution in [3.63, 3.8) is 0 Å². The number of hydroxylamine groups is 1. The van der Waals surface area contributed by atoms with Gasteiger partial charge < -0.3 is 10.2 Å². The lowest BCUT2D eigenvalue weighted by Gasteiger charge is -1.98. The predicted molar refractivity (Wildman–Crippen MR) is 66.3 cm³/mol. The summed E-state index contributed by atoms with van der Waals surface area (Å²) < 4.78 is 5.37. The van der Waals surface area contributed by atoms with E-state index in [4.69, 9.17) is 10.2 Å². The highest BCUT2D eigenvalue weighted by Crippen LogP contribution is 2.15. The van der Waals surface area contributed by atoms with Crippen LogP contribution in [0.15, 0.2) is 34.8 Å². The minimum Gasteiger partial charge on any atom is -0.437 e. The number of carbonyl (C=O) groups excluding carboxylic acids is 2. The van der Waals surface area contributed by atoms with Gasteiger partial charge in [0, 0.05) is 12.2 Å². The second-order valence-corrected chi connectivity index (χ2v) is 3.57. The molecule has 2 aromatic rings. The molecule has 0 aliphatic carbocycles. The van der Waals surface area contributed by atoms with E-state index in [1.807, 2.05) is 17.6 Å². The fourth-order valence-corrected chi connectivity index (χ4v) is 1.32. The van der Waals surface area contributed by atoms with Crippen molar-refractivity contribution >= 4 is 29.0 Å². The van der Waals surface area contributed by atoms with E-state index < -0.39 is 11.8 Å². The lowest BCUT2D eigenvalue weighted by molar-refractivity contribution is -0.134. The van der Waals surface area contributed by atoms with Gasteiger partial charge in [0.25, 0.3) is 5.91 Å². The molecule has 0 fully saturated rings. The third-order valence-electron chi connectivity index (χ3n) is 2.07. The number of fused-ring (bicyclic) bond motifs is 1. The summed E-state index contributed by atoms with van der Waals surface area (Å²) in [5.41, 5.74) is 8.18. The van der Waals surface area contributed by atoms with Crippen LogP contribution in [0.4, 0.5) is 0 Å². The zero-order chi connectivity index (χ0) is 13.7. The van der Waals surface area contributed by atoms with Gasteiger partial charge in [0.05, 0.1) is 0 Å². The van der Waals surface area contributed by atoms with Crippen molar-refractivity contribution in [1.29, 1.82) is 0 Å². The van der Waals surface area contributed by atoms with Crippen LogP contribution in [0, 0.1) is 0 Å². The molecule has 7 nitrogen and oxygen atoms in total. The van der Waals surface area contributed by atoms with E-state index in [0.29, 0.717) is 17.0 Å². The average molecular weight is 261 g/mol. The topological polar surface area (TPSA) is 107 Å². The molecule has 2 rings (SSSR count). The number of hydrogen-bond acceptors (Lipinski definition) is 5. The second-order valence-electron chi connectivity index (χ2n) is 3.57. The van der Waals surface area contributed by atoms with Gasteiger partial charge in [0.15, 0.2) is 12.2 Å². The van der Waals surface area contributed by atoms with Crippen LogP contribution in [-0.4, -0.2) is 23.4 Å². The van der Waals surface area contributed by atoms with Gasteiger partial charge in [-0.2, -0.15) is 0 Å². The summed E-state index contributed by atoms with van der Waals surface area (Å²) in [6.45, 7) is -0.386. The van der Waals surface area contributed by atoms with E-state index in [1.165, 1.54) is 12.2 Å². The number of amides is 2. The number of nitrogens with zero attached hydrogens (tertiary/aromatic N) is 1. The molecule has 0 aliphatic heterocycles. The quantitative estimate of drug-likeness (QED) is 0.597. The maximum absolute atomic E-state index is 11.3. The van der Waals surface area contributed by atoms with Crippen molar-refractivity contribution in [3.8, 4) is 0 Å². The highest BCUT2D eigenvalue weighted by molar-refractivity contribution is 5.90. The van der Waals surface area contributed by atoms with Gasteiger partial charge in [-0.05, 0) is 12.1 Å². The molecule has 0 atom stereocenters. The zero-order valence-corrected chi connectivity index (χ0v) is 9.83. The van der Waals surface area contributed by atoms with E-state index in [1.54, 1.807) is 12.1 Å². The number of aromatic nitrogens is 1. The van der Waals surface area contributed by atoms with Crippen LogP contribution in [0.1, 0.15) is 5.89 Å². The highest BCUT2D eigenvalue weighted by Gasteiger charge is 2.02. The molecule has 0 spiro atoms. The van der Waals surface area contributed by atoms with Crippen molar-refractivity contribution < 1.29 is 18.8 Å². The second kappa shape index (κ2) is 5.78. The minimum atomic E-state index is -0.678. The van der Waals surface area contributed by atoms with Gasteiger partial charge in [-0.15, -0.1) is 0 Å². The number of benzene rings is 1. The standard InChI is InChI=1S/C12H11N3O4/c13-10(16)7-18-15-11(17)5-6-12-14-8-3-1-2-4-9(8)19-12/h1-6H,7H2,(H2,13,16)(H,15,17)/b6-5+. The molecular formula is C12H11N3O4. The summed E-state index contributed by atoms with van der Waals surface area (Å²) >= 11 is 0. The minimum absolute atomic E-state index is 0.297. The highest BCUT2D eigenvalue weighted by atomic mass is 16.7. The number of nitrogens with one attached hydrogen (secondary N) is 1. The Morgan fingerprint density at radius 3 is 2.95 bits per heavy atom. The summed E-state index contributed by atoms with van der Waals surface area (Å²) in [5, 5.41) is 0. The third-order valence-corrected chi connectivity index (χ3v) is 2.07. The van der Waals surface area contributed by atoms with Crippen LogP contribution in [0.5, 0.6) is 0 Å². The first-order valence-corrected chi connectivity index (χ1v) is 5.39. The van der Waals surface area contributed by atoms with Crippen LogP contribution < -0.4 is 11.2 Å². The van der Waals surface area contributed by atoms with Crippen LogP contribution in [0.2, 0.25) is 0 Å². The molecule has 0 saturated carbocycles. The Morgan fingerprint density at radius 2 is 2.21 bits per heavy atom. The fourth-order valence-electron chi connectivity index (χ4n) is 1.32. The van der Waals surface area contributed by atoms with E-state index in [0.717, 1.165) is 0 Å². The number of hydrogen-bond donors (Lipinski definition) is 2. The van der Waals surface area contributed by atoms with Gasteiger partial charge >= 0.3 is 0 Å². The summed E-state index contributed by atoms with van der Waals surface area (Å²) in [4.78, 5) is 30.3. The summed E-state index contributed by atoms with van der Waals surface area (Å²) in [6, 6.07) is 7.23. The van der Waals surface area contributed by atoms with Gasteiger partial charge in [-0.25, -0.2) is 10.5 Å². The SMILES string of the molecule is NC(=O)CONC(=O)/C=C/c1nc2ccccc2o1. The van der Waals surface area contributed by atoms with E-state index in [2.05, 4.69) is 9.82 Å². The first-order valence-electron chi connectivity index (χ1n) is 5.39. The molecule has 3 N–H and O–H groups in total. The molecule has 7 heteroatoms. The Morgan fingerprint density at radius 1 is 1.42 bits per heavy atom. The lowest BCUT2D eigenvalue weighted by atomic mass is 10.3. The van der Waals surface area contributed by atoms with Gasteiger partial charge in [0.2, 0.25) is 11.8 Å². The fraction of sp³-hybridized carbons (Fsp3) is 0.0833. The van der Waals surface area contributed by atoms with Gasteiger partial charge in [-0.1, -0.05) is 12.1 Å². The molecule has 0 unspecified atom stereocenters. The van der Waals surface area contributed by atoms with E-state index >= 15 is 0 Å². The number of oxazole rings is 1. The molecule has 0 radical (unpaired) electrons. The van der Waals surface area contributed by atoms with E-state index in [9.17, 15) is 9.59 Å². The molecule has 98 valence electrons. The van der Waals surface area contributed by atoms with Crippen LogP contribution in [-0.2, 0) is 14.4 Å². The summed E-state index contributed by atoms with van der Waals surface area (Å²) in [7, 11) is 0. The zero-order valence-electron chi connectivity index (χ0n) is 9.83. The molecule has 0 saturated heterocycles. The molecule has 0 aliphatic rings. The first kappa shape index (κ1) is 12.8. The molecule has 19 heavy (non-hydrogen) atoms. The normalized spacial score (nSPS) is 10.9. The molecule has 2 amide bonds. The van der Waals surface area contributed by atoms with Gasteiger partial charge in [0.1, 0.15) is 5.52 Å². The maximum Gasteiger partial charge on any atom is 0.267 e. The van der Waals surface area contributed by atoms with Gasteiger partial charge in [-0.3, -0.25) is 14.4 Å². The number of primary amides is 1. The monoisotopic (exact) mass is 261 g/mol. The molecule has 1 aromatic carbocycles. The Labute approximate surface area is 108 Å². The third kappa shape index (κ3) is 3.65. The van der Waals surface area contributed by atoms with Crippen LogP contribution in [0.25, 0.3) is 17.2 Å². The Kier molecular flexibility index (Phi) is 3.89. The van der Waals surface area contributed by atoms with Crippen molar-refractivity contribution in [2.24, 2.45) is 5.73 Å². The Hall–Kier alpha value is -2.67. The number of carbonyl (C=O) groups is 2. The van der Waals surface area contributed by atoms with Crippen LogP contribution >= 0.6 is 0 Å². The molecule has 1 heterocycles. The largest absolute Gasteiger partial charge is 0.437 e. The van der Waals surface area contributed by atoms with Crippen molar-refractivity contribution in [1.82, 2.24) is 10.5 Å². The first-order chi connectivity index (χ1) is 9.15. The Bertz CT molecular complexity index is 600. The summed E-state index contributed by atoms with van der Waals surface area (Å²) in [6.07, 6.45) is 2.56. The van der Waals surface area contributed by atoms with Crippen molar-refractivity contribution in [2.45, 2.75) is 0 Å². The van der Waals surface area contributed by atoms with Crippen molar-refractivity contribution in [2.75, 3.05) is 6.61 Å². The van der Waals surface area contributed by atoms with E-state index in [-0.39, 0.29) is 6.61 Å². The molecular weight excluding hydrogens is 250 g/mol. The van der Waals surface area contributed by atoms with Crippen LogP contribution in [0.3, 0.4) is 0 Å². The Balaban J connectivity index is 1.94. The number of para-hydroxylation sites is 2. The lowest BCUT2D eigenvalue weighted by Crippen LogP contribution is -2.28. The average Bonchev–Trinajstić information content (AvgIpc) is 2.78. The molecule has 0 bridgehead atoms. The summed E-state index contributed by atoms with van der Waals surface area (Å²) in [5.74, 6) is -0.932. The van der Waals surface area contributed by atoms with Crippen molar-refractivity contribution in [3.05, 3.63) is 36.2 Å². The molecule has 1 aromatic heterocycles. The smallest absolute Gasteiger partial charge is 0.267 e. The predicted octanol–water partition coefficient (Wildman–Crippen LogP) is 0.374. The number of rotatable bonds is 5. The number of nitrogens with two attached hydrogens (primary N) is 1. The maximum atomic E-state index is 11.3.